The van der Waals surface area contributed by atoms with E-state index >= 15 is 0 Å². The topological polar surface area (TPSA) is 49.3 Å². The highest BCUT2D eigenvalue weighted by Gasteiger charge is 2.08. The van der Waals surface area contributed by atoms with Gasteiger partial charge in [0.25, 0.3) is 0 Å². The Bertz CT molecular complexity index is 520. The Morgan fingerprint density at radius 1 is 1.35 bits per heavy atom. The molecule has 0 saturated heterocycles. The van der Waals surface area contributed by atoms with Crippen molar-refractivity contribution < 1.29 is 9.90 Å². The number of carbonyl (C=O) groups excluding carboxylic acids is 1. The van der Waals surface area contributed by atoms with Crippen LogP contribution in [0.1, 0.15) is 10.4 Å². The van der Waals surface area contributed by atoms with Gasteiger partial charge in [-0.1, -0.05) is 12.1 Å². The molecule has 4 heteroatoms. The van der Waals surface area contributed by atoms with Crippen LogP contribution in [0.5, 0.6) is 5.75 Å². The van der Waals surface area contributed by atoms with Crippen molar-refractivity contribution in [1.29, 1.82) is 0 Å². The van der Waals surface area contributed by atoms with E-state index in [1.807, 2.05) is 17.5 Å². The summed E-state index contributed by atoms with van der Waals surface area (Å²) in [7, 11) is 0. The lowest BCUT2D eigenvalue weighted by Gasteiger charge is -2.08. The molecule has 1 heterocycles. The number of carbonyl (C=O) groups is 1. The summed E-state index contributed by atoms with van der Waals surface area (Å²) in [5.41, 5.74) is 1.35. The van der Waals surface area contributed by atoms with Gasteiger partial charge in [0.2, 0.25) is 5.91 Å². The van der Waals surface area contributed by atoms with Crippen LogP contribution in [0, 0.1) is 6.92 Å². The van der Waals surface area contributed by atoms with Gasteiger partial charge in [0.1, 0.15) is 5.75 Å². The minimum Gasteiger partial charge on any atom is -0.508 e. The number of phenolic OH excluding ortho intramolecular Hbond substituents is 1. The maximum Gasteiger partial charge on any atom is 0.229 e. The molecule has 0 spiro atoms. The lowest BCUT2D eigenvalue weighted by atomic mass is 10.1. The molecule has 17 heavy (non-hydrogen) atoms. The molecule has 0 fully saturated rings. The first-order chi connectivity index (χ1) is 8.16. The number of hydrogen-bond acceptors (Lipinski definition) is 3. The monoisotopic (exact) mass is 247 g/mol. The molecular weight excluding hydrogens is 234 g/mol. The zero-order valence-electron chi connectivity index (χ0n) is 9.43. The Labute approximate surface area is 104 Å². The number of rotatable bonds is 3. The first-order valence-corrected chi connectivity index (χ1v) is 6.15. The minimum atomic E-state index is -0.0684. The molecule has 1 aromatic carbocycles. The van der Waals surface area contributed by atoms with Crippen LogP contribution in [-0.2, 0) is 11.2 Å². The van der Waals surface area contributed by atoms with Crippen LogP contribution < -0.4 is 5.32 Å². The Hall–Kier alpha value is -1.81. The molecule has 0 aliphatic rings. The zero-order valence-corrected chi connectivity index (χ0v) is 10.3. The normalized spacial score (nSPS) is 10.2. The third-order valence-electron chi connectivity index (χ3n) is 2.49. The van der Waals surface area contributed by atoms with E-state index in [2.05, 4.69) is 5.32 Å². The van der Waals surface area contributed by atoms with Gasteiger partial charge in [-0.05, 0) is 30.5 Å². The van der Waals surface area contributed by atoms with Gasteiger partial charge < -0.3 is 10.4 Å². The van der Waals surface area contributed by atoms with Gasteiger partial charge in [-0.3, -0.25) is 4.79 Å². The third-order valence-corrected chi connectivity index (χ3v) is 3.37. The summed E-state index contributed by atoms with van der Waals surface area (Å²) in [6.07, 6.45) is 0.368. The second-order valence-corrected chi connectivity index (χ2v) is 4.79. The summed E-state index contributed by atoms with van der Waals surface area (Å²) in [4.78, 5) is 12.8. The Kier molecular flexibility index (Phi) is 3.44. The largest absolute Gasteiger partial charge is 0.508 e. The molecule has 0 aliphatic carbocycles. The third kappa shape index (κ3) is 2.85. The predicted octanol–water partition coefficient (Wildman–Crippen LogP) is 2.94. The van der Waals surface area contributed by atoms with Crippen molar-refractivity contribution in [3.63, 3.8) is 0 Å². The molecule has 2 rings (SSSR count). The summed E-state index contributed by atoms with van der Waals surface area (Å²) < 4.78 is 0. The maximum atomic E-state index is 11.8. The molecule has 88 valence electrons. The van der Waals surface area contributed by atoms with E-state index in [0.717, 1.165) is 4.88 Å². The second kappa shape index (κ2) is 5.01. The molecule has 0 unspecified atom stereocenters. The fraction of sp³-hybridized carbons (Fsp3) is 0.154. The van der Waals surface area contributed by atoms with Crippen molar-refractivity contribution in [2.45, 2.75) is 13.3 Å². The molecule has 0 radical (unpaired) electrons. The fourth-order valence-corrected chi connectivity index (χ4v) is 2.23. The average Bonchev–Trinajstić information content (AvgIpc) is 2.77. The fourth-order valence-electron chi connectivity index (χ4n) is 1.52. The van der Waals surface area contributed by atoms with Crippen molar-refractivity contribution in [3.05, 3.63) is 46.2 Å². The lowest BCUT2D eigenvalue weighted by molar-refractivity contribution is -0.115. The molecular formula is C13H13NO2S. The van der Waals surface area contributed by atoms with Gasteiger partial charge >= 0.3 is 0 Å². The molecule has 2 N–H and O–H groups in total. The van der Waals surface area contributed by atoms with Gasteiger partial charge in [0.05, 0.1) is 6.42 Å². The van der Waals surface area contributed by atoms with Crippen LogP contribution in [0.2, 0.25) is 0 Å². The van der Waals surface area contributed by atoms with Crippen LogP contribution in [0.15, 0.2) is 35.7 Å². The van der Waals surface area contributed by atoms with E-state index in [1.165, 1.54) is 0 Å². The summed E-state index contributed by atoms with van der Waals surface area (Å²) in [6.45, 7) is 1.77. The predicted molar refractivity (Wildman–Crippen MR) is 69.5 cm³/mol. The molecule has 1 amide bonds. The summed E-state index contributed by atoms with van der Waals surface area (Å²) in [6, 6.07) is 8.95. The SMILES string of the molecule is Cc1c(O)cccc1NC(=O)Cc1cccs1. The number of hydrogen-bond donors (Lipinski definition) is 2. The molecule has 1 aromatic heterocycles. The molecule has 2 aromatic rings. The maximum absolute atomic E-state index is 11.8. The van der Waals surface area contributed by atoms with Crippen molar-refractivity contribution in [2.75, 3.05) is 5.32 Å². The highest BCUT2D eigenvalue weighted by molar-refractivity contribution is 7.10. The van der Waals surface area contributed by atoms with Crippen molar-refractivity contribution >= 4 is 22.9 Å². The van der Waals surface area contributed by atoms with Crippen LogP contribution in [0.3, 0.4) is 0 Å². The highest BCUT2D eigenvalue weighted by Crippen LogP contribution is 2.24. The quantitative estimate of drug-likeness (QED) is 0.876. The number of benzene rings is 1. The zero-order chi connectivity index (χ0) is 12.3. The number of anilines is 1. The van der Waals surface area contributed by atoms with E-state index < -0.39 is 0 Å². The highest BCUT2D eigenvalue weighted by atomic mass is 32.1. The van der Waals surface area contributed by atoms with E-state index in [9.17, 15) is 9.90 Å². The Balaban J connectivity index is 2.06. The first-order valence-electron chi connectivity index (χ1n) is 5.27. The molecule has 3 nitrogen and oxygen atoms in total. The Morgan fingerprint density at radius 3 is 2.88 bits per heavy atom. The van der Waals surface area contributed by atoms with Crippen molar-refractivity contribution in [3.8, 4) is 5.75 Å². The van der Waals surface area contributed by atoms with E-state index in [4.69, 9.17) is 0 Å². The second-order valence-electron chi connectivity index (χ2n) is 3.75. The number of aromatic hydroxyl groups is 1. The molecule has 0 bridgehead atoms. The average molecular weight is 247 g/mol. The van der Waals surface area contributed by atoms with E-state index in [0.29, 0.717) is 17.7 Å². The van der Waals surface area contributed by atoms with Gasteiger partial charge in [0.15, 0.2) is 0 Å². The molecule has 0 atom stereocenters. The van der Waals surface area contributed by atoms with Crippen molar-refractivity contribution in [2.24, 2.45) is 0 Å². The van der Waals surface area contributed by atoms with Crippen molar-refractivity contribution in [1.82, 2.24) is 0 Å². The molecule has 0 aliphatic heterocycles. The first kappa shape index (κ1) is 11.7. The van der Waals surface area contributed by atoms with Crippen LogP contribution >= 0.6 is 11.3 Å². The molecule has 0 saturated carbocycles. The van der Waals surface area contributed by atoms with Crippen LogP contribution in [-0.4, -0.2) is 11.0 Å². The minimum absolute atomic E-state index is 0.0684. The van der Waals surface area contributed by atoms with Gasteiger partial charge in [0, 0.05) is 16.1 Å². The van der Waals surface area contributed by atoms with Gasteiger partial charge in [-0.15, -0.1) is 11.3 Å². The number of nitrogens with one attached hydrogen (secondary N) is 1. The van der Waals surface area contributed by atoms with Crippen LogP contribution in [0.4, 0.5) is 5.69 Å². The van der Waals surface area contributed by atoms with Gasteiger partial charge in [-0.25, -0.2) is 0 Å². The van der Waals surface area contributed by atoms with E-state index in [-0.39, 0.29) is 11.7 Å². The number of amides is 1. The number of thiophene rings is 1. The van der Waals surface area contributed by atoms with Gasteiger partial charge in [-0.2, -0.15) is 0 Å². The number of phenols is 1. The summed E-state index contributed by atoms with van der Waals surface area (Å²) >= 11 is 1.56. The Morgan fingerprint density at radius 2 is 2.18 bits per heavy atom. The summed E-state index contributed by atoms with van der Waals surface area (Å²) in [5, 5.41) is 14.3. The van der Waals surface area contributed by atoms with E-state index in [1.54, 1.807) is 36.5 Å². The smallest absolute Gasteiger partial charge is 0.229 e. The summed E-state index contributed by atoms with van der Waals surface area (Å²) in [5.74, 6) is 0.125. The lowest BCUT2D eigenvalue weighted by Crippen LogP contribution is -2.14. The van der Waals surface area contributed by atoms with Crippen LogP contribution in [0.25, 0.3) is 0 Å². The standard InChI is InChI=1S/C13H13NO2S/c1-9-11(5-2-6-12(9)15)14-13(16)8-10-4-3-7-17-10/h2-7,15H,8H2,1H3,(H,14,16).